The SMILES string of the molecule is O=c1c2ccccc2cnn1Cc1nnc(Nc2ccccc2)s1. The first-order valence-corrected chi connectivity index (χ1v) is 8.20. The molecule has 2 heterocycles. The molecule has 4 aromatic rings. The molecule has 0 bridgehead atoms. The standard InChI is InChI=1S/C17H13N5OS/c23-16-14-9-5-4-6-12(14)10-18-22(16)11-15-20-21-17(24-15)19-13-7-2-1-3-8-13/h1-10H,11H2,(H,19,21). The van der Waals surface area contributed by atoms with Crippen molar-refractivity contribution in [1.29, 1.82) is 0 Å². The number of fused-ring (bicyclic) bond motifs is 1. The van der Waals surface area contributed by atoms with Crippen LogP contribution in [0.4, 0.5) is 10.8 Å². The first-order chi connectivity index (χ1) is 11.8. The van der Waals surface area contributed by atoms with E-state index >= 15 is 0 Å². The molecule has 0 atom stereocenters. The number of para-hydroxylation sites is 1. The van der Waals surface area contributed by atoms with Gasteiger partial charge in [-0.25, -0.2) is 4.68 Å². The van der Waals surface area contributed by atoms with Crippen LogP contribution in [0.5, 0.6) is 0 Å². The molecule has 0 amide bonds. The van der Waals surface area contributed by atoms with Gasteiger partial charge < -0.3 is 5.32 Å². The van der Waals surface area contributed by atoms with Crippen LogP contribution >= 0.6 is 11.3 Å². The average Bonchev–Trinajstić information content (AvgIpc) is 3.05. The van der Waals surface area contributed by atoms with Crippen LogP contribution in [0, 0.1) is 0 Å². The molecule has 0 fully saturated rings. The van der Waals surface area contributed by atoms with Crippen molar-refractivity contribution in [2.75, 3.05) is 5.32 Å². The maximum absolute atomic E-state index is 12.5. The van der Waals surface area contributed by atoms with Gasteiger partial charge in [0, 0.05) is 11.1 Å². The van der Waals surface area contributed by atoms with Crippen molar-refractivity contribution >= 4 is 32.9 Å². The normalized spacial score (nSPS) is 10.8. The molecule has 0 aliphatic heterocycles. The molecule has 4 rings (SSSR count). The smallest absolute Gasteiger partial charge is 0.275 e. The van der Waals surface area contributed by atoms with Crippen molar-refractivity contribution in [1.82, 2.24) is 20.0 Å². The molecule has 0 saturated heterocycles. The maximum atomic E-state index is 12.5. The zero-order valence-corrected chi connectivity index (χ0v) is 13.4. The van der Waals surface area contributed by atoms with E-state index in [9.17, 15) is 4.79 Å². The summed E-state index contributed by atoms with van der Waals surface area (Å²) in [4.78, 5) is 12.5. The molecule has 0 aliphatic carbocycles. The van der Waals surface area contributed by atoms with E-state index in [2.05, 4.69) is 20.6 Å². The average molecular weight is 335 g/mol. The van der Waals surface area contributed by atoms with Crippen molar-refractivity contribution in [3.05, 3.63) is 76.2 Å². The van der Waals surface area contributed by atoms with Gasteiger partial charge in [-0.2, -0.15) is 5.10 Å². The number of benzene rings is 2. The van der Waals surface area contributed by atoms with Gasteiger partial charge >= 0.3 is 0 Å². The van der Waals surface area contributed by atoms with Gasteiger partial charge in [-0.15, -0.1) is 10.2 Å². The summed E-state index contributed by atoms with van der Waals surface area (Å²) < 4.78 is 1.41. The molecular weight excluding hydrogens is 322 g/mol. The number of nitrogens with one attached hydrogen (secondary N) is 1. The van der Waals surface area contributed by atoms with Crippen molar-refractivity contribution in [2.24, 2.45) is 0 Å². The van der Waals surface area contributed by atoms with Gasteiger partial charge in [0.15, 0.2) is 0 Å². The molecule has 2 aromatic carbocycles. The Balaban J connectivity index is 1.58. The third-order valence-electron chi connectivity index (χ3n) is 3.54. The molecular formula is C17H13N5OS. The maximum Gasteiger partial charge on any atom is 0.275 e. The first kappa shape index (κ1) is 14.5. The van der Waals surface area contributed by atoms with Gasteiger partial charge in [-0.3, -0.25) is 4.79 Å². The van der Waals surface area contributed by atoms with Gasteiger partial charge in [0.25, 0.3) is 5.56 Å². The quantitative estimate of drug-likeness (QED) is 0.620. The van der Waals surface area contributed by atoms with Crippen molar-refractivity contribution in [2.45, 2.75) is 6.54 Å². The van der Waals surface area contributed by atoms with E-state index in [1.807, 2.05) is 48.5 Å². The van der Waals surface area contributed by atoms with Gasteiger partial charge in [0.2, 0.25) is 5.13 Å². The molecule has 7 heteroatoms. The minimum Gasteiger partial charge on any atom is -0.330 e. The Hall–Kier alpha value is -3.06. The lowest BCUT2D eigenvalue weighted by Gasteiger charge is -2.03. The Bertz CT molecular complexity index is 1040. The van der Waals surface area contributed by atoms with Gasteiger partial charge in [0.1, 0.15) is 5.01 Å². The van der Waals surface area contributed by atoms with Crippen LogP contribution in [0.1, 0.15) is 5.01 Å². The van der Waals surface area contributed by atoms with Crippen LogP contribution in [0.15, 0.2) is 65.6 Å². The lowest BCUT2D eigenvalue weighted by Crippen LogP contribution is -2.23. The number of hydrogen-bond donors (Lipinski definition) is 1. The van der Waals surface area contributed by atoms with E-state index in [0.29, 0.717) is 17.1 Å². The molecule has 24 heavy (non-hydrogen) atoms. The molecule has 0 aliphatic rings. The van der Waals surface area contributed by atoms with Crippen LogP contribution in [-0.4, -0.2) is 20.0 Å². The summed E-state index contributed by atoms with van der Waals surface area (Å²) in [5.74, 6) is 0. The fraction of sp³-hybridized carbons (Fsp3) is 0.0588. The lowest BCUT2D eigenvalue weighted by molar-refractivity contribution is 0.640. The number of hydrogen-bond acceptors (Lipinski definition) is 6. The van der Waals surface area contributed by atoms with E-state index < -0.39 is 0 Å². The Morgan fingerprint density at radius 3 is 2.67 bits per heavy atom. The third kappa shape index (κ3) is 2.89. The van der Waals surface area contributed by atoms with Gasteiger partial charge in [-0.1, -0.05) is 47.7 Å². The molecule has 0 radical (unpaired) electrons. The minimum atomic E-state index is -0.124. The molecule has 0 unspecified atom stereocenters. The topological polar surface area (TPSA) is 72.7 Å². The number of aromatic nitrogens is 4. The first-order valence-electron chi connectivity index (χ1n) is 7.39. The van der Waals surface area contributed by atoms with Crippen LogP contribution in [-0.2, 0) is 6.54 Å². The van der Waals surface area contributed by atoms with Crippen LogP contribution in [0.25, 0.3) is 10.8 Å². The molecule has 0 saturated carbocycles. The highest BCUT2D eigenvalue weighted by molar-refractivity contribution is 7.15. The Labute approximate surface area is 141 Å². The van der Waals surface area contributed by atoms with E-state index in [4.69, 9.17) is 0 Å². The summed E-state index contributed by atoms with van der Waals surface area (Å²) in [7, 11) is 0. The molecule has 118 valence electrons. The third-order valence-corrected chi connectivity index (χ3v) is 4.36. The second-order valence-electron chi connectivity index (χ2n) is 5.19. The van der Waals surface area contributed by atoms with E-state index in [-0.39, 0.29) is 5.56 Å². The number of rotatable bonds is 4. The summed E-state index contributed by atoms with van der Waals surface area (Å²) in [6.45, 7) is 0.303. The molecule has 0 spiro atoms. The zero-order valence-electron chi connectivity index (χ0n) is 12.6. The van der Waals surface area contributed by atoms with Gasteiger partial charge in [0.05, 0.1) is 18.1 Å². The monoisotopic (exact) mass is 335 g/mol. The summed E-state index contributed by atoms with van der Waals surface area (Å²) >= 11 is 1.40. The number of anilines is 2. The summed E-state index contributed by atoms with van der Waals surface area (Å²) in [5, 5.41) is 18.6. The summed E-state index contributed by atoms with van der Waals surface area (Å²) in [6, 6.07) is 17.2. The second kappa shape index (κ2) is 6.21. The molecule has 2 aromatic heterocycles. The minimum absolute atomic E-state index is 0.124. The highest BCUT2D eigenvalue weighted by atomic mass is 32.1. The van der Waals surface area contributed by atoms with Gasteiger partial charge in [-0.05, 0) is 18.2 Å². The summed E-state index contributed by atoms with van der Waals surface area (Å²) in [6.07, 6.45) is 1.70. The highest BCUT2D eigenvalue weighted by Gasteiger charge is 2.09. The predicted molar refractivity (Wildman–Crippen MR) is 94.7 cm³/mol. The summed E-state index contributed by atoms with van der Waals surface area (Å²) in [5.41, 5.74) is 0.821. The fourth-order valence-electron chi connectivity index (χ4n) is 2.38. The van der Waals surface area contributed by atoms with Crippen molar-refractivity contribution in [3.8, 4) is 0 Å². The Morgan fingerprint density at radius 2 is 1.79 bits per heavy atom. The largest absolute Gasteiger partial charge is 0.330 e. The van der Waals surface area contributed by atoms with E-state index in [0.717, 1.165) is 16.1 Å². The van der Waals surface area contributed by atoms with Crippen LogP contribution in [0.2, 0.25) is 0 Å². The molecule has 1 N–H and O–H groups in total. The second-order valence-corrected chi connectivity index (χ2v) is 6.25. The van der Waals surface area contributed by atoms with Crippen LogP contribution in [0.3, 0.4) is 0 Å². The zero-order chi connectivity index (χ0) is 16.4. The molecule has 6 nitrogen and oxygen atoms in total. The van der Waals surface area contributed by atoms with Crippen LogP contribution < -0.4 is 10.9 Å². The van der Waals surface area contributed by atoms with E-state index in [1.54, 1.807) is 12.3 Å². The fourth-order valence-corrected chi connectivity index (χ4v) is 3.12. The number of nitrogens with zero attached hydrogens (tertiary/aromatic N) is 4. The van der Waals surface area contributed by atoms with Crippen molar-refractivity contribution in [3.63, 3.8) is 0 Å². The predicted octanol–water partition coefficient (Wildman–Crippen LogP) is 3.04. The highest BCUT2D eigenvalue weighted by Crippen LogP contribution is 2.20. The lowest BCUT2D eigenvalue weighted by atomic mass is 10.2. The van der Waals surface area contributed by atoms with E-state index in [1.165, 1.54) is 16.0 Å². The Kier molecular flexibility index (Phi) is 3.76. The van der Waals surface area contributed by atoms with Crippen molar-refractivity contribution < 1.29 is 0 Å². The Morgan fingerprint density at radius 1 is 1.00 bits per heavy atom.